The summed E-state index contributed by atoms with van der Waals surface area (Å²) in [5.74, 6) is -1.90. The van der Waals surface area contributed by atoms with Gasteiger partial charge in [-0.15, -0.1) is 0 Å². The summed E-state index contributed by atoms with van der Waals surface area (Å²) in [7, 11) is 0. The summed E-state index contributed by atoms with van der Waals surface area (Å²) >= 11 is 0. The van der Waals surface area contributed by atoms with E-state index in [1.165, 1.54) is 12.5 Å². The van der Waals surface area contributed by atoms with Gasteiger partial charge in [0.05, 0.1) is 11.8 Å². The Balaban J connectivity index is 2.06. The number of carbonyl (C=O) groups excluding carboxylic acids is 1. The average molecular weight is 238 g/mol. The number of nitrogens with two attached hydrogens (primary N) is 1. The first-order valence-electron chi connectivity index (χ1n) is 4.79. The number of rotatable bonds is 4. The van der Waals surface area contributed by atoms with E-state index in [4.69, 9.17) is 20.0 Å². The molecule has 1 atom stereocenters. The Kier molecular flexibility index (Phi) is 2.84. The van der Waals surface area contributed by atoms with Gasteiger partial charge in [0.25, 0.3) is 0 Å². The van der Waals surface area contributed by atoms with E-state index in [-0.39, 0.29) is 12.2 Å². The predicted molar refractivity (Wildman–Crippen MR) is 56.5 cm³/mol. The van der Waals surface area contributed by atoms with Crippen molar-refractivity contribution < 1.29 is 23.8 Å². The van der Waals surface area contributed by atoms with Crippen molar-refractivity contribution in [3.05, 3.63) is 24.1 Å². The molecule has 7 nitrogen and oxygen atoms in total. The van der Waals surface area contributed by atoms with Crippen molar-refractivity contribution in [2.75, 3.05) is 6.61 Å². The minimum atomic E-state index is -1.23. The molecule has 0 saturated carbocycles. The molecule has 4 N–H and O–H groups in total. The first-order chi connectivity index (χ1) is 8.09. The van der Waals surface area contributed by atoms with Gasteiger partial charge in [0, 0.05) is 12.3 Å². The fourth-order valence-corrected chi connectivity index (χ4v) is 1.31. The predicted octanol–water partition coefficient (Wildman–Crippen LogP) is 0.330. The van der Waals surface area contributed by atoms with Crippen LogP contribution in [0.5, 0.6) is 0 Å². The number of hydrogen-bond donors (Lipinski definition) is 3. The summed E-state index contributed by atoms with van der Waals surface area (Å²) in [6.07, 6.45) is 2.86. The van der Waals surface area contributed by atoms with Crippen molar-refractivity contribution in [1.82, 2.24) is 4.98 Å². The van der Waals surface area contributed by atoms with Gasteiger partial charge in [-0.3, -0.25) is 4.79 Å². The molecule has 1 unspecified atom stereocenters. The van der Waals surface area contributed by atoms with Gasteiger partial charge in [-0.2, -0.15) is 0 Å². The number of carboxylic acids is 1. The van der Waals surface area contributed by atoms with Gasteiger partial charge in [0.1, 0.15) is 18.2 Å². The first kappa shape index (κ1) is 11.2. The van der Waals surface area contributed by atoms with Crippen LogP contribution >= 0.6 is 0 Å². The van der Waals surface area contributed by atoms with E-state index in [0.717, 1.165) is 0 Å². The van der Waals surface area contributed by atoms with Crippen LogP contribution in [0, 0.1) is 0 Å². The second-order valence-corrected chi connectivity index (χ2v) is 3.41. The molecule has 2 aromatic heterocycles. The fourth-order valence-electron chi connectivity index (χ4n) is 1.31. The fraction of sp³-hybridized carbons (Fsp3) is 0.200. The molecule has 0 fully saturated rings. The quantitative estimate of drug-likeness (QED) is 0.660. The Bertz CT molecular complexity index is 556. The number of aromatic amines is 1. The van der Waals surface area contributed by atoms with Crippen molar-refractivity contribution in [3.8, 4) is 0 Å². The highest BCUT2D eigenvalue weighted by Crippen LogP contribution is 2.19. The highest BCUT2D eigenvalue weighted by molar-refractivity contribution is 6.01. The number of aromatic nitrogens is 1. The van der Waals surface area contributed by atoms with Gasteiger partial charge >= 0.3 is 11.9 Å². The molecule has 2 aromatic rings. The lowest BCUT2D eigenvalue weighted by Gasteiger charge is -2.06. The number of fused-ring (bicyclic) bond motifs is 1. The summed E-state index contributed by atoms with van der Waals surface area (Å²) in [6.45, 7) is -0.387. The number of carboxylic acid groups (broad SMARTS) is 1. The maximum atomic E-state index is 11.6. The minimum Gasteiger partial charge on any atom is -0.480 e. The molecule has 0 amide bonds. The molecule has 0 aliphatic rings. The molecule has 7 heteroatoms. The smallest absolute Gasteiger partial charge is 0.343 e. The second-order valence-electron chi connectivity index (χ2n) is 3.41. The zero-order chi connectivity index (χ0) is 12.4. The van der Waals surface area contributed by atoms with Crippen molar-refractivity contribution in [3.63, 3.8) is 0 Å². The molecule has 2 rings (SSSR count). The van der Waals surface area contributed by atoms with Crippen molar-refractivity contribution >= 4 is 23.0 Å². The number of H-pyrrole nitrogens is 1. The largest absolute Gasteiger partial charge is 0.480 e. The van der Waals surface area contributed by atoms with Crippen molar-refractivity contribution in [2.45, 2.75) is 6.04 Å². The van der Waals surface area contributed by atoms with Gasteiger partial charge in [0.15, 0.2) is 5.58 Å². The number of ether oxygens (including phenoxy) is 1. The summed E-state index contributed by atoms with van der Waals surface area (Å²) in [5, 5.41) is 8.52. The van der Waals surface area contributed by atoms with E-state index < -0.39 is 18.0 Å². The number of nitrogens with one attached hydrogen (secondary N) is 1. The molecule has 0 radical (unpaired) electrons. The van der Waals surface area contributed by atoms with Crippen LogP contribution in [0.1, 0.15) is 10.4 Å². The SMILES string of the molecule is NC(COC(=O)c1c[nH]c2ccoc12)C(=O)O. The van der Waals surface area contributed by atoms with Crippen LogP contribution in [0.25, 0.3) is 11.1 Å². The van der Waals surface area contributed by atoms with Crippen LogP contribution in [0.3, 0.4) is 0 Å². The standard InChI is InChI=1S/C10H10N2O5/c11-6(9(13)14)4-17-10(15)5-3-12-7-1-2-16-8(5)7/h1-3,6,12H,4,11H2,(H,13,14). The second kappa shape index (κ2) is 4.30. The zero-order valence-corrected chi connectivity index (χ0v) is 8.67. The van der Waals surface area contributed by atoms with E-state index in [1.54, 1.807) is 6.07 Å². The minimum absolute atomic E-state index is 0.211. The Morgan fingerprint density at radius 2 is 2.35 bits per heavy atom. The van der Waals surface area contributed by atoms with E-state index in [0.29, 0.717) is 11.1 Å². The topological polar surface area (TPSA) is 119 Å². The molecule has 0 saturated heterocycles. The lowest BCUT2D eigenvalue weighted by Crippen LogP contribution is -2.35. The molecule has 0 aliphatic heterocycles. The van der Waals surface area contributed by atoms with Crippen LogP contribution in [0.15, 0.2) is 22.9 Å². The lowest BCUT2D eigenvalue weighted by atomic mass is 10.3. The van der Waals surface area contributed by atoms with Crippen LogP contribution in [-0.4, -0.2) is 34.7 Å². The summed E-state index contributed by atoms with van der Waals surface area (Å²) in [6, 6.07) is 0.430. The third-order valence-corrected chi connectivity index (χ3v) is 2.21. The Morgan fingerprint density at radius 1 is 1.59 bits per heavy atom. The number of furan rings is 1. The number of esters is 1. The third-order valence-electron chi connectivity index (χ3n) is 2.21. The Hall–Kier alpha value is -2.28. The van der Waals surface area contributed by atoms with Gasteiger partial charge in [-0.25, -0.2) is 4.79 Å². The average Bonchev–Trinajstić information content (AvgIpc) is 2.86. The number of aliphatic carboxylic acids is 1. The van der Waals surface area contributed by atoms with Gasteiger partial charge < -0.3 is 25.0 Å². The molecule has 0 bridgehead atoms. The zero-order valence-electron chi connectivity index (χ0n) is 8.67. The van der Waals surface area contributed by atoms with Crippen LogP contribution in [0.4, 0.5) is 0 Å². The van der Waals surface area contributed by atoms with Gasteiger partial charge in [0.2, 0.25) is 0 Å². The lowest BCUT2D eigenvalue weighted by molar-refractivity contribution is -0.139. The molecule has 90 valence electrons. The monoisotopic (exact) mass is 238 g/mol. The highest BCUT2D eigenvalue weighted by Gasteiger charge is 2.19. The molecule has 0 aliphatic carbocycles. The molecule has 0 spiro atoms. The molecular formula is C10H10N2O5. The van der Waals surface area contributed by atoms with E-state index in [2.05, 4.69) is 4.98 Å². The molecule has 0 aromatic carbocycles. The first-order valence-corrected chi connectivity index (χ1v) is 4.79. The van der Waals surface area contributed by atoms with E-state index in [9.17, 15) is 9.59 Å². The maximum Gasteiger partial charge on any atom is 0.343 e. The molecule has 17 heavy (non-hydrogen) atoms. The highest BCUT2D eigenvalue weighted by atomic mass is 16.5. The maximum absolute atomic E-state index is 11.6. The van der Waals surface area contributed by atoms with Gasteiger partial charge in [-0.05, 0) is 0 Å². The van der Waals surface area contributed by atoms with Crippen LogP contribution in [-0.2, 0) is 9.53 Å². The third kappa shape index (κ3) is 2.13. The van der Waals surface area contributed by atoms with E-state index >= 15 is 0 Å². The summed E-state index contributed by atoms with van der Waals surface area (Å²) in [5.41, 5.74) is 6.45. The van der Waals surface area contributed by atoms with Gasteiger partial charge in [-0.1, -0.05) is 0 Å². The number of hydrogen-bond acceptors (Lipinski definition) is 5. The Labute approximate surface area is 95.1 Å². The molecular weight excluding hydrogens is 228 g/mol. The normalized spacial score (nSPS) is 12.5. The van der Waals surface area contributed by atoms with E-state index in [1.807, 2.05) is 0 Å². The summed E-state index contributed by atoms with van der Waals surface area (Å²) in [4.78, 5) is 24.8. The van der Waals surface area contributed by atoms with Crippen LogP contribution in [0.2, 0.25) is 0 Å². The summed E-state index contributed by atoms with van der Waals surface area (Å²) < 4.78 is 9.85. The van der Waals surface area contributed by atoms with Crippen molar-refractivity contribution in [1.29, 1.82) is 0 Å². The molecule has 2 heterocycles. The van der Waals surface area contributed by atoms with Crippen molar-refractivity contribution in [2.24, 2.45) is 5.73 Å². The number of carbonyl (C=O) groups is 2. The Morgan fingerprint density at radius 3 is 3.06 bits per heavy atom. The van der Waals surface area contributed by atoms with Crippen LogP contribution < -0.4 is 5.73 Å².